The van der Waals surface area contributed by atoms with Crippen LogP contribution in [-0.2, 0) is 0 Å². The Morgan fingerprint density at radius 1 is 0.857 bits per heavy atom. The van der Waals surface area contributed by atoms with E-state index in [4.69, 9.17) is 11.6 Å². The molecule has 2 rings (SSSR count). The average molecular weight is 268 g/mol. The molecule has 0 aliphatic carbocycles. The van der Waals surface area contributed by atoms with E-state index in [-0.39, 0.29) is 0 Å². The molecule has 2 aromatic carbocycles. The predicted octanol–water partition coefficient (Wildman–Crippen LogP) is 4.77. The van der Waals surface area contributed by atoms with Gasteiger partial charge in [0.2, 0.25) is 0 Å². The van der Waals surface area contributed by atoms with Gasteiger partial charge in [-0.15, -0.1) is 0 Å². The molecular formula is C12H8BrCl. The van der Waals surface area contributed by atoms with Gasteiger partial charge in [-0.3, -0.25) is 0 Å². The molecule has 0 spiro atoms. The number of halogens is 2. The van der Waals surface area contributed by atoms with Gasteiger partial charge in [-0.1, -0.05) is 54.1 Å². The van der Waals surface area contributed by atoms with Crippen LogP contribution < -0.4 is 0 Å². The molecule has 0 aromatic heterocycles. The van der Waals surface area contributed by atoms with E-state index in [0.717, 1.165) is 15.1 Å². The van der Waals surface area contributed by atoms with Gasteiger partial charge < -0.3 is 0 Å². The standard InChI is InChI=1S/C12H8BrCl/c13-12-10(7-4-8-11(12)14)9-5-2-1-3-6-9/h1-8H. The normalized spacial score (nSPS) is 10.1. The maximum absolute atomic E-state index is 6.02. The number of rotatable bonds is 1. The lowest BCUT2D eigenvalue weighted by Crippen LogP contribution is -1.79. The van der Waals surface area contributed by atoms with Gasteiger partial charge in [-0.25, -0.2) is 0 Å². The van der Waals surface area contributed by atoms with E-state index in [2.05, 4.69) is 28.1 Å². The van der Waals surface area contributed by atoms with Gasteiger partial charge >= 0.3 is 0 Å². The average Bonchev–Trinajstić information content (AvgIpc) is 2.23. The van der Waals surface area contributed by atoms with Gasteiger partial charge in [-0.2, -0.15) is 0 Å². The van der Waals surface area contributed by atoms with Crippen LogP contribution in [0.1, 0.15) is 0 Å². The first-order valence-electron chi connectivity index (χ1n) is 4.28. The summed E-state index contributed by atoms with van der Waals surface area (Å²) in [7, 11) is 0. The molecule has 0 saturated carbocycles. The molecule has 2 heteroatoms. The summed E-state index contributed by atoms with van der Waals surface area (Å²) < 4.78 is 0.952. The fourth-order valence-electron chi connectivity index (χ4n) is 1.34. The Hall–Kier alpha value is -0.790. The van der Waals surface area contributed by atoms with Crippen LogP contribution in [0.25, 0.3) is 11.1 Å². The molecule has 0 bridgehead atoms. The number of hydrogen-bond acceptors (Lipinski definition) is 0. The van der Waals surface area contributed by atoms with Crippen molar-refractivity contribution in [3.05, 3.63) is 58.0 Å². The smallest absolute Gasteiger partial charge is 0.0554 e. The molecule has 0 nitrogen and oxygen atoms in total. The largest absolute Gasteiger partial charge is 0.0831 e. The Balaban J connectivity index is 2.58. The molecule has 0 heterocycles. The van der Waals surface area contributed by atoms with Crippen LogP contribution in [0.3, 0.4) is 0 Å². The van der Waals surface area contributed by atoms with E-state index in [1.165, 1.54) is 5.56 Å². The Kier molecular flexibility index (Phi) is 2.90. The van der Waals surface area contributed by atoms with Gasteiger partial charge in [0.05, 0.1) is 5.02 Å². The van der Waals surface area contributed by atoms with Crippen LogP contribution in [0.5, 0.6) is 0 Å². The third kappa shape index (κ3) is 1.84. The summed E-state index contributed by atoms with van der Waals surface area (Å²) in [6, 6.07) is 16.0. The molecule has 0 radical (unpaired) electrons. The summed E-state index contributed by atoms with van der Waals surface area (Å²) in [4.78, 5) is 0. The third-order valence-electron chi connectivity index (χ3n) is 2.04. The van der Waals surface area contributed by atoms with Crippen LogP contribution in [-0.4, -0.2) is 0 Å². The van der Waals surface area contributed by atoms with E-state index < -0.39 is 0 Å². The van der Waals surface area contributed by atoms with Gasteiger partial charge in [0.1, 0.15) is 0 Å². The maximum Gasteiger partial charge on any atom is 0.0554 e. The Morgan fingerprint density at radius 3 is 2.29 bits per heavy atom. The zero-order valence-corrected chi connectivity index (χ0v) is 9.72. The second-order valence-electron chi connectivity index (χ2n) is 2.97. The highest BCUT2D eigenvalue weighted by molar-refractivity contribution is 9.10. The first-order chi connectivity index (χ1) is 6.79. The van der Waals surface area contributed by atoms with Crippen molar-refractivity contribution in [2.24, 2.45) is 0 Å². The van der Waals surface area contributed by atoms with Crippen molar-refractivity contribution in [1.29, 1.82) is 0 Å². The van der Waals surface area contributed by atoms with Crippen molar-refractivity contribution in [2.45, 2.75) is 0 Å². The SMILES string of the molecule is Clc1cccc(-c2ccccc2)c1Br. The van der Waals surface area contributed by atoms with Crippen LogP contribution in [0.2, 0.25) is 5.02 Å². The van der Waals surface area contributed by atoms with E-state index in [1.807, 2.05) is 36.4 Å². The van der Waals surface area contributed by atoms with Crippen molar-refractivity contribution in [1.82, 2.24) is 0 Å². The van der Waals surface area contributed by atoms with E-state index in [1.54, 1.807) is 0 Å². The fraction of sp³-hybridized carbons (Fsp3) is 0. The highest BCUT2D eigenvalue weighted by Gasteiger charge is 2.04. The van der Waals surface area contributed by atoms with E-state index >= 15 is 0 Å². The molecule has 0 N–H and O–H groups in total. The summed E-state index contributed by atoms with van der Waals surface area (Å²) in [6.07, 6.45) is 0. The van der Waals surface area contributed by atoms with Crippen LogP contribution in [0.4, 0.5) is 0 Å². The molecule has 70 valence electrons. The van der Waals surface area contributed by atoms with E-state index in [9.17, 15) is 0 Å². The maximum atomic E-state index is 6.02. The summed E-state index contributed by atoms with van der Waals surface area (Å²) in [5, 5.41) is 0.742. The molecule has 14 heavy (non-hydrogen) atoms. The van der Waals surface area contributed by atoms with Crippen LogP contribution >= 0.6 is 27.5 Å². The molecule has 0 saturated heterocycles. The lowest BCUT2D eigenvalue weighted by molar-refractivity contribution is 1.58. The molecule has 0 unspecified atom stereocenters. The minimum Gasteiger partial charge on any atom is -0.0831 e. The Labute approximate surface area is 96.7 Å². The van der Waals surface area contributed by atoms with Crippen LogP contribution in [0, 0.1) is 0 Å². The first kappa shape index (κ1) is 9.75. The predicted molar refractivity (Wildman–Crippen MR) is 64.6 cm³/mol. The lowest BCUT2D eigenvalue weighted by Gasteiger charge is -2.05. The van der Waals surface area contributed by atoms with Gasteiger partial charge in [0.15, 0.2) is 0 Å². The van der Waals surface area contributed by atoms with E-state index in [0.29, 0.717) is 0 Å². The second kappa shape index (κ2) is 4.16. The summed E-state index contributed by atoms with van der Waals surface area (Å²) in [5.74, 6) is 0. The molecule has 0 aliphatic heterocycles. The highest BCUT2D eigenvalue weighted by atomic mass is 79.9. The van der Waals surface area contributed by atoms with Crippen molar-refractivity contribution in [3.8, 4) is 11.1 Å². The summed E-state index contributed by atoms with van der Waals surface area (Å²) in [5.41, 5.74) is 2.29. The minimum atomic E-state index is 0.742. The highest BCUT2D eigenvalue weighted by Crippen LogP contribution is 2.33. The second-order valence-corrected chi connectivity index (χ2v) is 4.17. The fourth-order valence-corrected chi connectivity index (χ4v) is 2.01. The third-order valence-corrected chi connectivity index (χ3v) is 3.43. The zero-order valence-electron chi connectivity index (χ0n) is 7.37. The molecule has 0 amide bonds. The lowest BCUT2D eigenvalue weighted by atomic mass is 10.1. The van der Waals surface area contributed by atoms with Crippen molar-refractivity contribution in [3.63, 3.8) is 0 Å². The number of benzene rings is 2. The Bertz CT molecular complexity index is 437. The molecule has 0 aliphatic rings. The first-order valence-corrected chi connectivity index (χ1v) is 5.45. The minimum absolute atomic E-state index is 0.742. The Morgan fingerprint density at radius 2 is 1.57 bits per heavy atom. The van der Waals surface area contributed by atoms with Gasteiger partial charge in [0.25, 0.3) is 0 Å². The van der Waals surface area contributed by atoms with Crippen LogP contribution in [0.15, 0.2) is 53.0 Å². The molecule has 2 aromatic rings. The van der Waals surface area contributed by atoms with Crippen molar-refractivity contribution < 1.29 is 0 Å². The van der Waals surface area contributed by atoms with Gasteiger partial charge in [-0.05, 0) is 33.1 Å². The van der Waals surface area contributed by atoms with Crippen molar-refractivity contribution >= 4 is 27.5 Å². The molecular weight excluding hydrogens is 259 g/mol. The van der Waals surface area contributed by atoms with Gasteiger partial charge in [0, 0.05) is 4.47 Å². The molecule has 0 atom stereocenters. The summed E-state index contributed by atoms with van der Waals surface area (Å²) in [6.45, 7) is 0. The number of hydrogen-bond donors (Lipinski definition) is 0. The monoisotopic (exact) mass is 266 g/mol. The topological polar surface area (TPSA) is 0 Å². The zero-order chi connectivity index (χ0) is 9.97. The molecule has 0 fully saturated rings. The van der Waals surface area contributed by atoms with Crippen molar-refractivity contribution in [2.75, 3.05) is 0 Å². The summed E-state index contributed by atoms with van der Waals surface area (Å²) >= 11 is 9.50. The quantitative estimate of drug-likeness (QED) is 0.698.